The molecule has 2 fully saturated rings. The molecule has 8 heteroatoms. The maximum atomic E-state index is 12.4. The van der Waals surface area contributed by atoms with Crippen molar-refractivity contribution in [3.63, 3.8) is 0 Å². The Kier molecular flexibility index (Phi) is 5.19. The maximum absolute atomic E-state index is 12.4. The maximum Gasteiger partial charge on any atom is 0.237 e. The number of para-hydroxylation sites is 2. The largest absolute Gasteiger partial charge is 0.506 e. The van der Waals surface area contributed by atoms with E-state index in [0.717, 1.165) is 18.8 Å². The Morgan fingerprint density at radius 2 is 1.92 bits per heavy atom. The van der Waals surface area contributed by atoms with E-state index >= 15 is 0 Å². The number of rotatable bonds is 4. The Morgan fingerprint density at radius 3 is 2.52 bits per heavy atom. The molecule has 0 aromatic heterocycles. The number of nitrogens with zero attached hydrogens (tertiary/aromatic N) is 2. The van der Waals surface area contributed by atoms with Gasteiger partial charge in [-0.1, -0.05) is 12.1 Å². The molecule has 0 spiro atoms. The third-order valence-corrected chi connectivity index (χ3v) is 6.81. The van der Waals surface area contributed by atoms with Crippen LogP contribution in [0.25, 0.3) is 0 Å². The number of carbonyl (C=O) groups excluding carboxylic acids is 1. The zero-order chi connectivity index (χ0) is 18.0. The van der Waals surface area contributed by atoms with Crippen LogP contribution in [0.15, 0.2) is 24.3 Å². The average Bonchev–Trinajstić information content (AvgIpc) is 2.93. The second kappa shape index (κ2) is 7.21. The van der Waals surface area contributed by atoms with Crippen LogP contribution < -0.4 is 10.2 Å². The lowest BCUT2D eigenvalue weighted by atomic mass is 10.1. The number of phenolic OH excluding ortho intramolecular Hbond substituents is 1. The third-order valence-electron chi connectivity index (χ3n) is 5.04. The summed E-state index contributed by atoms with van der Waals surface area (Å²) in [5.74, 6) is 0.361. The molecule has 2 saturated heterocycles. The van der Waals surface area contributed by atoms with Crippen molar-refractivity contribution in [3.8, 4) is 5.75 Å². The topological polar surface area (TPSA) is 90.0 Å². The first-order valence-electron chi connectivity index (χ1n) is 8.63. The number of carbonyl (C=O) groups is 1. The lowest BCUT2D eigenvalue weighted by Gasteiger charge is -2.38. The smallest absolute Gasteiger partial charge is 0.237 e. The Morgan fingerprint density at radius 1 is 1.24 bits per heavy atom. The predicted octanol–water partition coefficient (Wildman–Crippen LogP) is 0.206. The van der Waals surface area contributed by atoms with Gasteiger partial charge in [-0.05, 0) is 25.5 Å². The average molecular weight is 367 g/mol. The van der Waals surface area contributed by atoms with Gasteiger partial charge in [0.15, 0.2) is 9.84 Å². The normalized spacial score (nSPS) is 24.8. The number of hydrogen-bond acceptors (Lipinski definition) is 6. The standard InChI is InChI=1S/C17H25N3O4S/c1-13(17(22)18-14-6-11-25(23,24)12-14)19-7-9-20(10-8-19)15-4-2-3-5-16(15)21/h2-5,13-14,21H,6-12H2,1H3,(H,18,22)/t13-,14-/m1/s1. The number of sulfone groups is 1. The zero-order valence-corrected chi connectivity index (χ0v) is 15.2. The number of phenols is 1. The molecule has 2 heterocycles. The van der Waals surface area contributed by atoms with Crippen molar-refractivity contribution >= 4 is 21.4 Å². The minimum absolute atomic E-state index is 0.0481. The molecule has 0 bridgehead atoms. The number of hydrogen-bond donors (Lipinski definition) is 2. The Labute approximate surface area is 148 Å². The summed E-state index contributed by atoms with van der Waals surface area (Å²) in [5.41, 5.74) is 0.815. The van der Waals surface area contributed by atoms with Gasteiger partial charge in [-0.15, -0.1) is 0 Å². The molecule has 0 unspecified atom stereocenters. The van der Waals surface area contributed by atoms with E-state index in [9.17, 15) is 18.3 Å². The van der Waals surface area contributed by atoms with E-state index in [4.69, 9.17) is 0 Å². The molecule has 1 aromatic carbocycles. The molecule has 7 nitrogen and oxygen atoms in total. The van der Waals surface area contributed by atoms with E-state index in [0.29, 0.717) is 19.5 Å². The van der Waals surface area contributed by atoms with Crippen LogP contribution in [-0.4, -0.2) is 74.1 Å². The molecular weight excluding hydrogens is 342 g/mol. The first-order chi connectivity index (χ1) is 11.9. The summed E-state index contributed by atoms with van der Waals surface area (Å²) in [7, 11) is -2.99. The van der Waals surface area contributed by atoms with Crippen molar-refractivity contribution < 1.29 is 18.3 Å². The van der Waals surface area contributed by atoms with Gasteiger partial charge in [0.1, 0.15) is 5.75 Å². The van der Waals surface area contributed by atoms with Gasteiger partial charge < -0.3 is 15.3 Å². The molecule has 0 radical (unpaired) electrons. The van der Waals surface area contributed by atoms with Gasteiger partial charge in [0.05, 0.1) is 23.2 Å². The molecule has 2 aliphatic heterocycles. The Hall–Kier alpha value is -1.80. The first-order valence-corrected chi connectivity index (χ1v) is 10.5. The quantitative estimate of drug-likeness (QED) is 0.791. The van der Waals surface area contributed by atoms with Crippen LogP contribution in [-0.2, 0) is 14.6 Å². The highest BCUT2D eigenvalue weighted by Gasteiger charge is 2.32. The van der Waals surface area contributed by atoms with E-state index in [2.05, 4.69) is 15.1 Å². The fraction of sp³-hybridized carbons (Fsp3) is 0.588. The van der Waals surface area contributed by atoms with Gasteiger partial charge in [-0.3, -0.25) is 9.69 Å². The summed E-state index contributed by atoms with van der Waals surface area (Å²) in [5, 5.41) is 12.8. The Balaban J connectivity index is 1.52. The molecule has 0 saturated carbocycles. The number of nitrogens with one attached hydrogen (secondary N) is 1. The Bertz CT molecular complexity index is 729. The predicted molar refractivity (Wildman–Crippen MR) is 96.6 cm³/mol. The van der Waals surface area contributed by atoms with Crippen molar-refractivity contribution in [2.24, 2.45) is 0 Å². The number of aromatic hydroxyl groups is 1. The van der Waals surface area contributed by atoms with Crippen LogP contribution in [0.3, 0.4) is 0 Å². The molecule has 1 aromatic rings. The summed E-state index contributed by atoms with van der Waals surface area (Å²) < 4.78 is 23.0. The van der Waals surface area contributed by atoms with Gasteiger partial charge in [-0.2, -0.15) is 0 Å². The first kappa shape index (κ1) is 18.0. The number of amides is 1. The summed E-state index contributed by atoms with van der Waals surface area (Å²) in [4.78, 5) is 16.6. The number of piperazine rings is 1. The summed E-state index contributed by atoms with van der Waals surface area (Å²) in [6.07, 6.45) is 0.502. The lowest BCUT2D eigenvalue weighted by molar-refractivity contribution is -0.126. The van der Waals surface area contributed by atoms with Gasteiger partial charge in [0.25, 0.3) is 0 Å². The fourth-order valence-corrected chi connectivity index (χ4v) is 5.15. The lowest BCUT2D eigenvalue weighted by Crippen LogP contribution is -2.55. The molecular formula is C17H25N3O4S. The van der Waals surface area contributed by atoms with E-state index in [1.54, 1.807) is 12.1 Å². The zero-order valence-electron chi connectivity index (χ0n) is 14.4. The van der Waals surface area contributed by atoms with Gasteiger partial charge in [0, 0.05) is 32.2 Å². The summed E-state index contributed by atoms with van der Waals surface area (Å²) in [6, 6.07) is 6.70. The molecule has 138 valence electrons. The molecule has 3 rings (SSSR count). The number of anilines is 1. The minimum Gasteiger partial charge on any atom is -0.506 e. The monoisotopic (exact) mass is 367 g/mol. The minimum atomic E-state index is -2.99. The molecule has 2 atom stereocenters. The van der Waals surface area contributed by atoms with Crippen LogP contribution in [0.5, 0.6) is 5.75 Å². The highest BCUT2D eigenvalue weighted by Crippen LogP contribution is 2.27. The van der Waals surface area contributed by atoms with E-state index in [1.807, 2.05) is 19.1 Å². The van der Waals surface area contributed by atoms with Gasteiger partial charge in [-0.25, -0.2) is 8.42 Å². The molecule has 25 heavy (non-hydrogen) atoms. The van der Waals surface area contributed by atoms with Gasteiger partial charge >= 0.3 is 0 Å². The van der Waals surface area contributed by atoms with Crippen LogP contribution in [0.2, 0.25) is 0 Å². The second-order valence-electron chi connectivity index (χ2n) is 6.80. The highest BCUT2D eigenvalue weighted by atomic mass is 32.2. The van der Waals surface area contributed by atoms with E-state index in [1.165, 1.54) is 0 Å². The molecule has 1 amide bonds. The van der Waals surface area contributed by atoms with E-state index in [-0.39, 0.29) is 35.2 Å². The van der Waals surface area contributed by atoms with Crippen LogP contribution in [0.4, 0.5) is 5.69 Å². The highest BCUT2D eigenvalue weighted by molar-refractivity contribution is 7.91. The van der Waals surface area contributed by atoms with Crippen molar-refractivity contribution in [2.75, 3.05) is 42.6 Å². The van der Waals surface area contributed by atoms with Crippen molar-refractivity contribution in [3.05, 3.63) is 24.3 Å². The van der Waals surface area contributed by atoms with Crippen molar-refractivity contribution in [1.82, 2.24) is 10.2 Å². The van der Waals surface area contributed by atoms with Crippen molar-refractivity contribution in [2.45, 2.75) is 25.4 Å². The van der Waals surface area contributed by atoms with Crippen LogP contribution >= 0.6 is 0 Å². The van der Waals surface area contributed by atoms with Crippen molar-refractivity contribution in [1.29, 1.82) is 0 Å². The summed E-state index contributed by atoms with van der Waals surface area (Å²) in [6.45, 7) is 4.74. The number of benzene rings is 1. The SMILES string of the molecule is C[C@H](C(=O)N[C@@H]1CCS(=O)(=O)C1)N1CCN(c2ccccc2O)CC1. The third kappa shape index (κ3) is 4.24. The molecule has 2 aliphatic rings. The van der Waals surface area contributed by atoms with Crippen LogP contribution in [0, 0.1) is 0 Å². The van der Waals surface area contributed by atoms with E-state index < -0.39 is 9.84 Å². The van der Waals surface area contributed by atoms with Crippen LogP contribution in [0.1, 0.15) is 13.3 Å². The molecule has 0 aliphatic carbocycles. The second-order valence-corrected chi connectivity index (χ2v) is 9.02. The summed E-state index contributed by atoms with van der Waals surface area (Å²) >= 11 is 0. The van der Waals surface area contributed by atoms with Gasteiger partial charge in [0.2, 0.25) is 5.91 Å². The molecule has 2 N–H and O–H groups in total. The fourth-order valence-electron chi connectivity index (χ4n) is 3.48.